The van der Waals surface area contributed by atoms with Gasteiger partial charge in [0.25, 0.3) is 5.91 Å². The SMILES string of the molecule is CNc1ccc(C(=O)N2CC(C)N(C)C(C)C2)c(C)c1. The van der Waals surface area contributed by atoms with Crippen LogP contribution in [0.2, 0.25) is 0 Å². The van der Waals surface area contributed by atoms with Crippen molar-refractivity contribution >= 4 is 11.6 Å². The van der Waals surface area contributed by atoms with Crippen LogP contribution in [0.15, 0.2) is 18.2 Å². The van der Waals surface area contributed by atoms with Crippen LogP contribution in [0.25, 0.3) is 0 Å². The van der Waals surface area contributed by atoms with E-state index < -0.39 is 0 Å². The lowest BCUT2D eigenvalue weighted by Gasteiger charge is -2.42. The van der Waals surface area contributed by atoms with Gasteiger partial charge in [0.05, 0.1) is 0 Å². The minimum Gasteiger partial charge on any atom is -0.388 e. The molecule has 0 aromatic heterocycles. The van der Waals surface area contributed by atoms with Crippen LogP contribution < -0.4 is 5.32 Å². The molecule has 2 atom stereocenters. The van der Waals surface area contributed by atoms with Gasteiger partial charge in [0.15, 0.2) is 0 Å². The molecule has 2 rings (SSSR count). The Morgan fingerprint density at radius 1 is 1.25 bits per heavy atom. The largest absolute Gasteiger partial charge is 0.388 e. The molecule has 0 spiro atoms. The molecule has 20 heavy (non-hydrogen) atoms. The number of nitrogens with zero attached hydrogens (tertiary/aromatic N) is 2. The lowest BCUT2D eigenvalue weighted by molar-refractivity contribution is 0.0413. The summed E-state index contributed by atoms with van der Waals surface area (Å²) in [5.41, 5.74) is 2.88. The second-order valence-corrected chi connectivity index (χ2v) is 5.85. The van der Waals surface area contributed by atoms with Gasteiger partial charge in [-0.3, -0.25) is 9.69 Å². The van der Waals surface area contributed by atoms with Crippen molar-refractivity contribution < 1.29 is 4.79 Å². The Morgan fingerprint density at radius 3 is 2.35 bits per heavy atom. The number of hydrogen-bond acceptors (Lipinski definition) is 3. The first-order chi connectivity index (χ1) is 9.43. The van der Waals surface area contributed by atoms with Crippen molar-refractivity contribution in [3.63, 3.8) is 0 Å². The van der Waals surface area contributed by atoms with E-state index in [0.717, 1.165) is 29.9 Å². The highest BCUT2D eigenvalue weighted by Crippen LogP contribution is 2.20. The van der Waals surface area contributed by atoms with Gasteiger partial charge in [-0.2, -0.15) is 0 Å². The Labute approximate surface area is 121 Å². The first-order valence-corrected chi connectivity index (χ1v) is 7.23. The Hall–Kier alpha value is -1.55. The third kappa shape index (κ3) is 2.80. The molecule has 1 N–H and O–H groups in total. The molecule has 1 aromatic carbocycles. The van der Waals surface area contributed by atoms with Crippen molar-refractivity contribution in [2.75, 3.05) is 32.5 Å². The third-order valence-corrected chi connectivity index (χ3v) is 4.39. The van der Waals surface area contributed by atoms with Gasteiger partial charge < -0.3 is 10.2 Å². The first kappa shape index (κ1) is 14.9. The fraction of sp³-hybridized carbons (Fsp3) is 0.562. The first-order valence-electron chi connectivity index (χ1n) is 7.23. The molecule has 4 nitrogen and oxygen atoms in total. The summed E-state index contributed by atoms with van der Waals surface area (Å²) >= 11 is 0. The quantitative estimate of drug-likeness (QED) is 0.899. The van der Waals surface area contributed by atoms with E-state index in [1.807, 2.05) is 37.1 Å². The van der Waals surface area contributed by atoms with E-state index >= 15 is 0 Å². The molecule has 0 aliphatic carbocycles. The fourth-order valence-corrected chi connectivity index (χ4v) is 2.80. The van der Waals surface area contributed by atoms with E-state index in [1.165, 1.54) is 0 Å². The number of piperazine rings is 1. The van der Waals surface area contributed by atoms with E-state index in [2.05, 4.69) is 31.1 Å². The molecular weight excluding hydrogens is 250 g/mol. The lowest BCUT2D eigenvalue weighted by atomic mass is 10.0. The standard InChI is InChI=1S/C16H25N3O/c1-11-8-14(17-4)6-7-15(11)16(20)19-9-12(2)18(5)13(3)10-19/h6-8,12-13,17H,9-10H2,1-5H3. The van der Waals surface area contributed by atoms with Crippen LogP contribution in [0.5, 0.6) is 0 Å². The van der Waals surface area contributed by atoms with Gasteiger partial charge in [-0.15, -0.1) is 0 Å². The lowest BCUT2D eigenvalue weighted by Crippen LogP contribution is -2.56. The number of aryl methyl sites for hydroxylation is 1. The van der Waals surface area contributed by atoms with E-state index in [9.17, 15) is 4.79 Å². The second-order valence-electron chi connectivity index (χ2n) is 5.85. The monoisotopic (exact) mass is 275 g/mol. The molecule has 1 aliphatic rings. The highest BCUT2D eigenvalue weighted by atomic mass is 16.2. The maximum Gasteiger partial charge on any atom is 0.254 e. The molecule has 1 fully saturated rings. The maximum absolute atomic E-state index is 12.7. The Balaban J connectivity index is 2.19. The molecule has 1 aliphatic heterocycles. The summed E-state index contributed by atoms with van der Waals surface area (Å²) in [6, 6.07) is 6.72. The van der Waals surface area contributed by atoms with Crippen molar-refractivity contribution in [2.24, 2.45) is 0 Å². The molecular formula is C16H25N3O. The zero-order valence-corrected chi connectivity index (χ0v) is 13.1. The zero-order chi connectivity index (χ0) is 14.9. The Bertz CT molecular complexity index is 488. The summed E-state index contributed by atoms with van der Waals surface area (Å²) in [6.45, 7) is 7.94. The maximum atomic E-state index is 12.7. The van der Waals surface area contributed by atoms with Crippen molar-refractivity contribution in [3.05, 3.63) is 29.3 Å². The van der Waals surface area contributed by atoms with Crippen LogP contribution in [-0.2, 0) is 0 Å². The molecule has 1 amide bonds. The smallest absolute Gasteiger partial charge is 0.254 e. The minimum absolute atomic E-state index is 0.150. The summed E-state index contributed by atoms with van der Waals surface area (Å²) in [6.07, 6.45) is 0. The number of carbonyl (C=O) groups is 1. The third-order valence-electron chi connectivity index (χ3n) is 4.39. The van der Waals surface area contributed by atoms with Crippen LogP contribution in [-0.4, -0.2) is 55.0 Å². The molecule has 0 bridgehead atoms. The molecule has 1 aromatic rings. The topological polar surface area (TPSA) is 35.6 Å². The van der Waals surface area contributed by atoms with Crippen molar-refractivity contribution in [1.29, 1.82) is 0 Å². The number of likely N-dealkylation sites (N-methyl/N-ethyl adjacent to an activating group) is 1. The van der Waals surface area contributed by atoms with E-state index in [1.54, 1.807) is 0 Å². The van der Waals surface area contributed by atoms with Crippen LogP contribution in [0, 0.1) is 6.92 Å². The molecule has 1 heterocycles. The van der Waals surface area contributed by atoms with Crippen molar-refractivity contribution in [3.8, 4) is 0 Å². The van der Waals surface area contributed by atoms with E-state index in [-0.39, 0.29) is 5.91 Å². The molecule has 2 unspecified atom stereocenters. The van der Waals surface area contributed by atoms with Gasteiger partial charge in [-0.25, -0.2) is 0 Å². The number of anilines is 1. The summed E-state index contributed by atoms with van der Waals surface area (Å²) in [5.74, 6) is 0.150. The van der Waals surface area contributed by atoms with Crippen LogP contribution in [0.4, 0.5) is 5.69 Å². The Morgan fingerprint density at radius 2 is 1.85 bits per heavy atom. The number of amides is 1. The number of rotatable bonds is 2. The number of benzene rings is 1. The summed E-state index contributed by atoms with van der Waals surface area (Å²) in [4.78, 5) is 17.0. The van der Waals surface area contributed by atoms with Gasteiger partial charge in [-0.05, 0) is 51.6 Å². The van der Waals surface area contributed by atoms with Gasteiger partial charge >= 0.3 is 0 Å². The van der Waals surface area contributed by atoms with Crippen molar-refractivity contribution in [2.45, 2.75) is 32.9 Å². The predicted octanol–water partition coefficient (Wildman–Crippen LogP) is 2.20. The molecule has 4 heteroatoms. The zero-order valence-electron chi connectivity index (χ0n) is 13.1. The number of carbonyl (C=O) groups excluding carboxylic acids is 1. The summed E-state index contributed by atoms with van der Waals surface area (Å²) in [5, 5.41) is 3.10. The molecule has 0 saturated carbocycles. The van der Waals surface area contributed by atoms with Gasteiger partial charge in [0.2, 0.25) is 0 Å². The van der Waals surface area contributed by atoms with Crippen LogP contribution in [0.3, 0.4) is 0 Å². The summed E-state index contributed by atoms with van der Waals surface area (Å²) < 4.78 is 0. The normalized spacial score (nSPS) is 23.8. The van der Waals surface area contributed by atoms with Crippen LogP contribution in [0.1, 0.15) is 29.8 Å². The molecule has 1 saturated heterocycles. The summed E-state index contributed by atoms with van der Waals surface area (Å²) in [7, 11) is 4.02. The minimum atomic E-state index is 0.150. The average Bonchev–Trinajstić information content (AvgIpc) is 2.43. The van der Waals surface area contributed by atoms with Gasteiger partial charge in [-0.1, -0.05) is 0 Å². The van der Waals surface area contributed by atoms with Crippen molar-refractivity contribution in [1.82, 2.24) is 9.80 Å². The Kier molecular flexibility index (Phi) is 4.33. The number of nitrogens with one attached hydrogen (secondary N) is 1. The van der Waals surface area contributed by atoms with Crippen LogP contribution >= 0.6 is 0 Å². The van der Waals surface area contributed by atoms with E-state index in [0.29, 0.717) is 12.1 Å². The van der Waals surface area contributed by atoms with E-state index in [4.69, 9.17) is 0 Å². The highest BCUT2D eigenvalue weighted by Gasteiger charge is 2.30. The van der Waals surface area contributed by atoms with Gasteiger partial charge in [0.1, 0.15) is 0 Å². The average molecular weight is 275 g/mol. The fourth-order valence-electron chi connectivity index (χ4n) is 2.80. The predicted molar refractivity (Wildman–Crippen MR) is 83.3 cm³/mol. The molecule has 110 valence electrons. The molecule has 0 radical (unpaired) electrons. The number of hydrogen-bond donors (Lipinski definition) is 1. The second kappa shape index (κ2) is 5.83. The van der Waals surface area contributed by atoms with Gasteiger partial charge in [0, 0.05) is 43.5 Å². The highest BCUT2D eigenvalue weighted by molar-refractivity contribution is 5.96.